The van der Waals surface area contributed by atoms with Gasteiger partial charge in [-0.05, 0) is 99.2 Å². The molecule has 1 amide bonds. The van der Waals surface area contributed by atoms with Gasteiger partial charge in [0, 0.05) is 24.1 Å². The van der Waals surface area contributed by atoms with Crippen molar-refractivity contribution in [2.24, 2.45) is 0 Å². The highest BCUT2D eigenvalue weighted by Gasteiger charge is 2.47. The third kappa shape index (κ3) is 7.04. The van der Waals surface area contributed by atoms with Crippen molar-refractivity contribution in [2.75, 3.05) is 13.7 Å². The van der Waals surface area contributed by atoms with E-state index in [4.69, 9.17) is 14.2 Å². The molecule has 2 heterocycles. The lowest BCUT2D eigenvalue weighted by Gasteiger charge is -2.50. The molecule has 2 aliphatic rings. The minimum Gasteiger partial charge on any atom is -0.493 e. The number of pyridine rings is 1. The van der Waals surface area contributed by atoms with Gasteiger partial charge >= 0.3 is 6.09 Å². The second-order valence-corrected chi connectivity index (χ2v) is 12.9. The van der Waals surface area contributed by atoms with Gasteiger partial charge in [0.05, 0.1) is 30.1 Å². The van der Waals surface area contributed by atoms with Gasteiger partial charge in [0.15, 0.2) is 28.9 Å². The molecule has 1 N–H and O–H groups in total. The first kappa shape index (κ1) is 33.1. The summed E-state index contributed by atoms with van der Waals surface area (Å²) >= 11 is 0. The van der Waals surface area contributed by atoms with Crippen LogP contribution in [0.15, 0.2) is 78.9 Å². The van der Waals surface area contributed by atoms with Gasteiger partial charge in [0.25, 0.3) is 0 Å². The van der Waals surface area contributed by atoms with E-state index in [1.807, 2.05) is 37.3 Å². The number of carbonyl (C=O) groups is 2. The lowest BCUT2D eigenvalue weighted by Crippen LogP contribution is -2.58. The lowest BCUT2D eigenvalue weighted by atomic mass is 9.78. The molecule has 3 aromatic carbocycles. The van der Waals surface area contributed by atoms with E-state index in [0.717, 1.165) is 30.5 Å². The molecule has 1 aromatic heterocycles. The van der Waals surface area contributed by atoms with Gasteiger partial charge in [-0.3, -0.25) is 9.69 Å². The van der Waals surface area contributed by atoms with Gasteiger partial charge < -0.3 is 19.3 Å². The van der Waals surface area contributed by atoms with Crippen molar-refractivity contribution in [3.8, 4) is 22.8 Å². The number of Topliss-reactive ketones (excluding diaryl/α,β-unsaturated/α-hetero) is 1. The molecule has 0 radical (unpaired) electrons. The number of likely N-dealkylation sites (tertiary alicyclic amines) is 1. The Morgan fingerprint density at radius 1 is 1.00 bits per heavy atom. The second-order valence-electron chi connectivity index (χ2n) is 12.9. The fourth-order valence-electron chi connectivity index (χ4n) is 5.80. The number of aromatic nitrogens is 1. The average Bonchev–Trinajstić information content (AvgIpc) is 3.91. The number of aliphatic hydroxyl groups is 1. The van der Waals surface area contributed by atoms with Crippen molar-refractivity contribution in [1.29, 1.82) is 0 Å². The largest absolute Gasteiger partial charge is 0.493 e. The maximum atomic E-state index is 14.3. The third-order valence-electron chi connectivity index (χ3n) is 9.20. The van der Waals surface area contributed by atoms with E-state index in [1.165, 1.54) is 13.2 Å². The molecule has 0 bridgehead atoms. The molecular formula is C38H38F2N2O6. The molecule has 1 unspecified atom stereocenters. The van der Waals surface area contributed by atoms with E-state index in [-0.39, 0.29) is 42.7 Å². The van der Waals surface area contributed by atoms with Crippen molar-refractivity contribution >= 4 is 11.9 Å². The normalized spacial score (nSPS) is 18.4. The SMILES string of the molecule is COc1cc(C(=O)CCC(C)(O)c2cc([C@]3(C)CCN3C(=O)OCc3ccccc3)cc(-c3ccc(F)c(F)c3)n2)ccc1OC1CC1. The van der Waals surface area contributed by atoms with E-state index in [0.29, 0.717) is 41.2 Å². The predicted molar refractivity (Wildman–Crippen MR) is 175 cm³/mol. The number of rotatable bonds is 12. The molecule has 0 spiro atoms. The molecule has 1 aliphatic heterocycles. The van der Waals surface area contributed by atoms with Crippen LogP contribution in [0.25, 0.3) is 11.3 Å². The summed E-state index contributed by atoms with van der Waals surface area (Å²) in [5, 5.41) is 11.8. The number of hydrogen-bond acceptors (Lipinski definition) is 7. The topological polar surface area (TPSA) is 98.2 Å². The van der Waals surface area contributed by atoms with Crippen LogP contribution >= 0.6 is 0 Å². The number of ketones is 1. The number of methoxy groups -OCH3 is 1. The van der Waals surface area contributed by atoms with Crippen LogP contribution in [-0.2, 0) is 22.5 Å². The van der Waals surface area contributed by atoms with Gasteiger partial charge in [0.2, 0.25) is 0 Å². The van der Waals surface area contributed by atoms with Crippen LogP contribution in [0.5, 0.6) is 11.5 Å². The number of halogens is 2. The highest BCUT2D eigenvalue weighted by atomic mass is 19.2. The number of nitrogens with zero attached hydrogens (tertiary/aromatic N) is 2. The van der Waals surface area contributed by atoms with Crippen LogP contribution in [-0.4, -0.2) is 46.6 Å². The number of carbonyl (C=O) groups excluding carboxylic acids is 2. The fraction of sp³-hybridized carbons (Fsp3) is 0.342. The van der Waals surface area contributed by atoms with Gasteiger partial charge in [-0.2, -0.15) is 0 Å². The van der Waals surface area contributed by atoms with Crippen LogP contribution in [0.4, 0.5) is 13.6 Å². The number of hydrogen-bond donors (Lipinski definition) is 1. The monoisotopic (exact) mass is 656 g/mol. The highest BCUT2D eigenvalue weighted by Crippen LogP contribution is 2.43. The van der Waals surface area contributed by atoms with Gasteiger partial charge in [-0.25, -0.2) is 18.6 Å². The van der Waals surface area contributed by atoms with Gasteiger partial charge in [-0.1, -0.05) is 30.3 Å². The molecule has 2 atom stereocenters. The molecule has 1 aliphatic carbocycles. The van der Waals surface area contributed by atoms with E-state index >= 15 is 0 Å². The highest BCUT2D eigenvalue weighted by molar-refractivity contribution is 5.96. The molecule has 250 valence electrons. The molecule has 48 heavy (non-hydrogen) atoms. The van der Waals surface area contributed by atoms with Crippen molar-refractivity contribution in [3.05, 3.63) is 113 Å². The molecule has 2 fully saturated rings. The zero-order valence-electron chi connectivity index (χ0n) is 27.2. The summed E-state index contributed by atoms with van der Waals surface area (Å²) in [5.41, 5.74) is 0.290. The Labute approximate surface area is 278 Å². The summed E-state index contributed by atoms with van der Waals surface area (Å²) in [6, 6.07) is 21.3. The molecule has 1 saturated heterocycles. The maximum absolute atomic E-state index is 14.3. The van der Waals surface area contributed by atoms with E-state index in [2.05, 4.69) is 4.98 Å². The Bertz CT molecular complexity index is 1830. The van der Waals surface area contributed by atoms with Gasteiger partial charge in [0.1, 0.15) is 12.2 Å². The minimum atomic E-state index is -1.60. The minimum absolute atomic E-state index is 0.0133. The Morgan fingerprint density at radius 3 is 2.44 bits per heavy atom. The van der Waals surface area contributed by atoms with Gasteiger partial charge in [-0.15, -0.1) is 0 Å². The Kier molecular flexibility index (Phi) is 9.20. The Morgan fingerprint density at radius 2 is 1.77 bits per heavy atom. The van der Waals surface area contributed by atoms with Crippen molar-refractivity contribution < 1.29 is 37.7 Å². The number of benzene rings is 3. The van der Waals surface area contributed by atoms with Crippen LogP contribution in [0.2, 0.25) is 0 Å². The van der Waals surface area contributed by atoms with Crippen molar-refractivity contribution in [3.63, 3.8) is 0 Å². The standard InChI is InChI=1S/C38H38F2N2O6/c1-37(17-18-42(37)36(44)47-23-24-7-5-4-6-8-24)27-21-31(25-9-13-29(39)30(40)19-25)41-35(22-27)38(2,45)16-15-32(43)26-10-14-33(34(20-26)46-3)48-28-11-12-28/h4-10,13-14,19-22,28,45H,11-12,15-18,23H2,1-3H3/t37-,38?/m0/s1. The summed E-state index contributed by atoms with van der Waals surface area (Å²) in [4.78, 5) is 32.8. The summed E-state index contributed by atoms with van der Waals surface area (Å²) in [7, 11) is 1.52. The van der Waals surface area contributed by atoms with E-state index in [1.54, 1.807) is 42.2 Å². The molecule has 10 heteroatoms. The first-order valence-corrected chi connectivity index (χ1v) is 16.0. The summed E-state index contributed by atoms with van der Waals surface area (Å²) < 4.78 is 45.1. The van der Waals surface area contributed by atoms with E-state index in [9.17, 15) is 23.5 Å². The number of amides is 1. The quantitative estimate of drug-likeness (QED) is 0.156. The molecule has 6 rings (SSSR count). The summed E-state index contributed by atoms with van der Waals surface area (Å²) in [5.74, 6) is -1.20. The van der Waals surface area contributed by atoms with Crippen molar-refractivity contribution in [1.82, 2.24) is 9.88 Å². The zero-order chi connectivity index (χ0) is 34.1. The Balaban J connectivity index is 1.26. The first-order valence-electron chi connectivity index (χ1n) is 16.0. The van der Waals surface area contributed by atoms with Crippen LogP contribution in [0.1, 0.15) is 73.1 Å². The maximum Gasteiger partial charge on any atom is 0.410 e. The smallest absolute Gasteiger partial charge is 0.410 e. The second kappa shape index (κ2) is 13.4. The molecule has 1 saturated carbocycles. The first-order chi connectivity index (χ1) is 23.0. The average molecular weight is 657 g/mol. The number of ether oxygens (including phenoxy) is 3. The fourth-order valence-corrected chi connectivity index (χ4v) is 5.80. The van der Waals surface area contributed by atoms with Crippen LogP contribution < -0.4 is 9.47 Å². The van der Waals surface area contributed by atoms with Crippen LogP contribution in [0.3, 0.4) is 0 Å². The van der Waals surface area contributed by atoms with Crippen LogP contribution in [0, 0.1) is 11.6 Å². The van der Waals surface area contributed by atoms with Crippen molar-refractivity contribution in [2.45, 2.75) is 69.8 Å². The molecular weight excluding hydrogens is 618 g/mol. The summed E-state index contributed by atoms with van der Waals surface area (Å²) in [6.45, 7) is 4.00. The zero-order valence-corrected chi connectivity index (χ0v) is 27.2. The molecule has 8 nitrogen and oxygen atoms in total. The van der Waals surface area contributed by atoms with E-state index < -0.39 is 28.9 Å². The third-order valence-corrected chi connectivity index (χ3v) is 9.20. The molecule has 4 aromatic rings. The predicted octanol–water partition coefficient (Wildman–Crippen LogP) is 7.70. The summed E-state index contributed by atoms with van der Waals surface area (Å²) in [6.07, 6.45) is 2.24. The lowest BCUT2D eigenvalue weighted by molar-refractivity contribution is -0.0103. The Hall–Kier alpha value is -4.83.